The molecule has 1 aromatic heterocycles. The van der Waals surface area contributed by atoms with Crippen LogP contribution in [-0.4, -0.2) is 27.2 Å². The molecule has 7 heteroatoms. The van der Waals surface area contributed by atoms with Crippen LogP contribution in [0.2, 0.25) is 0 Å². The van der Waals surface area contributed by atoms with Crippen molar-refractivity contribution in [3.8, 4) is 5.75 Å². The van der Waals surface area contributed by atoms with Gasteiger partial charge in [0.1, 0.15) is 23.2 Å². The van der Waals surface area contributed by atoms with Crippen molar-refractivity contribution in [2.75, 3.05) is 13.7 Å². The molecule has 1 atom stereocenters. The molecule has 25 heavy (non-hydrogen) atoms. The molecule has 0 saturated heterocycles. The third kappa shape index (κ3) is 3.84. The molecule has 0 aliphatic rings. The predicted octanol–water partition coefficient (Wildman–Crippen LogP) is 3.19. The Morgan fingerprint density at radius 3 is 2.52 bits per heavy atom. The third-order valence-corrected chi connectivity index (χ3v) is 5.06. The summed E-state index contributed by atoms with van der Waals surface area (Å²) >= 11 is 0. The van der Waals surface area contributed by atoms with Crippen LogP contribution in [-0.2, 0) is 14.3 Å². The van der Waals surface area contributed by atoms with E-state index in [0.29, 0.717) is 11.3 Å². The van der Waals surface area contributed by atoms with E-state index >= 15 is 0 Å². The van der Waals surface area contributed by atoms with Crippen molar-refractivity contribution < 1.29 is 26.9 Å². The highest BCUT2D eigenvalue weighted by molar-refractivity contribution is 7.86. The standard InChI is InChI=1S/C18H18O6S/c1-12-3-6-15(7-4-12)25(20,21)23-11-16(19)18-10-13-9-14(22-2)5-8-17(13)24-18/h3-10,16,19H,11H2,1-2H3/t16-/m0/s1. The first-order chi connectivity index (χ1) is 11.9. The molecule has 0 fully saturated rings. The molecule has 2 aromatic carbocycles. The average molecular weight is 362 g/mol. The molecule has 0 bridgehead atoms. The lowest BCUT2D eigenvalue weighted by atomic mass is 10.2. The number of ether oxygens (including phenoxy) is 1. The number of fused-ring (bicyclic) bond motifs is 1. The van der Waals surface area contributed by atoms with E-state index < -0.39 is 22.8 Å². The van der Waals surface area contributed by atoms with E-state index in [4.69, 9.17) is 13.3 Å². The first-order valence-corrected chi connectivity index (χ1v) is 9.01. The van der Waals surface area contributed by atoms with Gasteiger partial charge in [-0.1, -0.05) is 17.7 Å². The highest BCUT2D eigenvalue weighted by Gasteiger charge is 2.20. The van der Waals surface area contributed by atoms with Crippen molar-refractivity contribution in [2.24, 2.45) is 0 Å². The van der Waals surface area contributed by atoms with E-state index in [0.717, 1.165) is 10.9 Å². The van der Waals surface area contributed by atoms with Gasteiger partial charge in [0.05, 0.1) is 18.6 Å². The summed E-state index contributed by atoms with van der Waals surface area (Å²) in [6.07, 6.45) is -1.21. The second kappa shape index (κ2) is 6.87. The highest BCUT2D eigenvalue weighted by Crippen LogP contribution is 2.28. The number of aryl methyl sites for hydroxylation is 1. The topological polar surface area (TPSA) is 86.0 Å². The summed E-state index contributed by atoms with van der Waals surface area (Å²) in [6, 6.07) is 13.1. The molecule has 3 rings (SSSR count). The summed E-state index contributed by atoms with van der Waals surface area (Å²) in [6.45, 7) is 1.42. The molecule has 6 nitrogen and oxygen atoms in total. The molecule has 0 radical (unpaired) electrons. The van der Waals surface area contributed by atoms with Gasteiger partial charge in [0.25, 0.3) is 10.1 Å². The van der Waals surface area contributed by atoms with Crippen molar-refractivity contribution in [2.45, 2.75) is 17.9 Å². The Labute approximate surface area is 145 Å². The minimum absolute atomic E-state index is 0.0413. The van der Waals surface area contributed by atoms with Crippen LogP contribution < -0.4 is 4.74 Å². The Balaban J connectivity index is 1.73. The number of aliphatic hydroxyl groups excluding tert-OH is 1. The molecule has 0 amide bonds. The van der Waals surface area contributed by atoms with Crippen LogP contribution in [0.1, 0.15) is 17.4 Å². The largest absolute Gasteiger partial charge is 0.497 e. The van der Waals surface area contributed by atoms with Gasteiger partial charge in [-0.25, -0.2) is 0 Å². The molecule has 0 aliphatic heterocycles. The van der Waals surface area contributed by atoms with Crippen LogP contribution in [0.5, 0.6) is 5.75 Å². The van der Waals surface area contributed by atoms with Gasteiger partial charge in [0.2, 0.25) is 0 Å². The van der Waals surface area contributed by atoms with E-state index in [-0.39, 0.29) is 10.7 Å². The SMILES string of the molecule is COc1ccc2oc([C@@H](O)COS(=O)(=O)c3ccc(C)cc3)cc2c1. The number of aliphatic hydroxyl groups is 1. The van der Waals surface area contributed by atoms with Crippen LogP contribution >= 0.6 is 0 Å². The Bertz CT molecular complexity index is 972. The Morgan fingerprint density at radius 1 is 1.12 bits per heavy atom. The fourth-order valence-electron chi connectivity index (χ4n) is 2.34. The summed E-state index contributed by atoms with van der Waals surface area (Å²) < 4.78 is 39.9. The molecule has 0 spiro atoms. The van der Waals surface area contributed by atoms with E-state index in [1.54, 1.807) is 43.5 Å². The Kier molecular flexibility index (Phi) is 4.80. The highest BCUT2D eigenvalue weighted by atomic mass is 32.2. The van der Waals surface area contributed by atoms with Crippen molar-refractivity contribution in [3.63, 3.8) is 0 Å². The van der Waals surface area contributed by atoms with Gasteiger partial charge in [0, 0.05) is 5.39 Å². The van der Waals surface area contributed by atoms with Gasteiger partial charge in [0.15, 0.2) is 0 Å². The van der Waals surface area contributed by atoms with E-state index in [1.165, 1.54) is 12.1 Å². The van der Waals surface area contributed by atoms with Gasteiger partial charge < -0.3 is 14.3 Å². The van der Waals surface area contributed by atoms with Crippen LogP contribution in [0, 0.1) is 6.92 Å². The van der Waals surface area contributed by atoms with Crippen LogP contribution in [0.3, 0.4) is 0 Å². The Hall–Kier alpha value is -2.35. The lowest BCUT2D eigenvalue weighted by molar-refractivity contribution is 0.0932. The van der Waals surface area contributed by atoms with Crippen molar-refractivity contribution >= 4 is 21.1 Å². The number of hydrogen-bond donors (Lipinski definition) is 1. The molecule has 132 valence electrons. The quantitative estimate of drug-likeness (QED) is 0.678. The maximum Gasteiger partial charge on any atom is 0.297 e. The number of benzene rings is 2. The zero-order valence-corrected chi connectivity index (χ0v) is 14.6. The van der Waals surface area contributed by atoms with E-state index in [2.05, 4.69) is 0 Å². The van der Waals surface area contributed by atoms with Gasteiger partial charge in [-0.3, -0.25) is 4.18 Å². The summed E-state index contributed by atoms with van der Waals surface area (Å²) in [5.74, 6) is 0.884. The predicted molar refractivity (Wildman–Crippen MR) is 92.0 cm³/mol. The summed E-state index contributed by atoms with van der Waals surface area (Å²) in [5.41, 5.74) is 1.51. The number of hydrogen-bond acceptors (Lipinski definition) is 6. The lowest BCUT2D eigenvalue weighted by Gasteiger charge is -2.09. The van der Waals surface area contributed by atoms with Crippen LogP contribution in [0.25, 0.3) is 11.0 Å². The van der Waals surface area contributed by atoms with Crippen molar-refractivity contribution in [1.29, 1.82) is 0 Å². The molecule has 0 aliphatic carbocycles. The fourth-order valence-corrected chi connectivity index (χ4v) is 3.26. The van der Waals surface area contributed by atoms with Gasteiger partial charge in [-0.15, -0.1) is 0 Å². The second-order valence-corrected chi connectivity index (χ2v) is 7.24. The molecule has 1 heterocycles. The number of furan rings is 1. The van der Waals surface area contributed by atoms with Gasteiger partial charge >= 0.3 is 0 Å². The molecule has 3 aromatic rings. The first kappa shape index (κ1) is 17.5. The maximum atomic E-state index is 12.2. The van der Waals surface area contributed by atoms with Crippen molar-refractivity contribution in [1.82, 2.24) is 0 Å². The lowest BCUT2D eigenvalue weighted by Crippen LogP contribution is -2.13. The minimum atomic E-state index is -3.94. The zero-order chi connectivity index (χ0) is 18.0. The smallest absolute Gasteiger partial charge is 0.297 e. The number of methoxy groups -OCH3 is 1. The normalized spacial score (nSPS) is 13.1. The third-order valence-electron chi connectivity index (χ3n) is 3.76. The summed E-state index contributed by atoms with van der Waals surface area (Å²) in [5, 5.41) is 10.9. The average Bonchev–Trinajstić information content (AvgIpc) is 3.03. The fraction of sp³-hybridized carbons (Fsp3) is 0.222. The van der Waals surface area contributed by atoms with E-state index in [1.807, 2.05) is 6.92 Å². The maximum absolute atomic E-state index is 12.2. The zero-order valence-electron chi connectivity index (χ0n) is 13.8. The summed E-state index contributed by atoms with van der Waals surface area (Å²) in [4.78, 5) is 0.0413. The van der Waals surface area contributed by atoms with E-state index in [9.17, 15) is 13.5 Å². The van der Waals surface area contributed by atoms with Crippen LogP contribution in [0.15, 0.2) is 57.8 Å². The minimum Gasteiger partial charge on any atom is -0.497 e. The first-order valence-electron chi connectivity index (χ1n) is 7.61. The molecule has 0 saturated carbocycles. The van der Waals surface area contributed by atoms with Gasteiger partial charge in [-0.05, 0) is 43.3 Å². The molecule has 1 N–H and O–H groups in total. The van der Waals surface area contributed by atoms with Crippen molar-refractivity contribution in [3.05, 3.63) is 59.9 Å². The van der Waals surface area contributed by atoms with Crippen LogP contribution in [0.4, 0.5) is 0 Å². The number of rotatable bonds is 6. The molecular formula is C18H18O6S. The molecule has 0 unspecified atom stereocenters. The van der Waals surface area contributed by atoms with Gasteiger partial charge in [-0.2, -0.15) is 8.42 Å². The second-order valence-electron chi connectivity index (χ2n) is 5.62. The monoisotopic (exact) mass is 362 g/mol. The molecular weight excluding hydrogens is 344 g/mol. The Morgan fingerprint density at radius 2 is 1.84 bits per heavy atom. The summed E-state index contributed by atoms with van der Waals surface area (Å²) in [7, 11) is -2.39.